The second-order valence-electron chi connectivity index (χ2n) is 11.9. The number of nitrogens with one attached hydrogen (secondary N) is 3. The number of carbonyl (C=O) groups excluding carboxylic acids is 4. The maximum atomic E-state index is 12.2. The van der Waals surface area contributed by atoms with Crippen molar-refractivity contribution in [2.75, 3.05) is 26.2 Å². The summed E-state index contributed by atoms with van der Waals surface area (Å²) in [6.45, 7) is 16.7. The minimum absolute atomic E-state index is 0.0716. The molecule has 0 radical (unpaired) electrons. The van der Waals surface area contributed by atoms with Crippen molar-refractivity contribution in [3.8, 4) is 0 Å². The van der Waals surface area contributed by atoms with E-state index in [1.165, 1.54) is 12.0 Å². The number of carbonyl (C=O) groups is 4. The summed E-state index contributed by atoms with van der Waals surface area (Å²) < 4.78 is 0. The van der Waals surface area contributed by atoms with Gasteiger partial charge in [-0.15, -0.1) is 0 Å². The quantitative estimate of drug-likeness (QED) is 0.143. The van der Waals surface area contributed by atoms with Crippen LogP contribution in [0, 0.1) is 19.8 Å². The summed E-state index contributed by atoms with van der Waals surface area (Å²) in [7, 11) is 0. The summed E-state index contributed by atoms with van der Waals surface area (Å²) in [5.74, 6) is -0.657. The molecule has 0 aliphatic rings. The fourth-order valence-electron chi connectivity index (χ4n) is 4.39. The molecule has 9 nitrogen and oxygen atoms in total. The first kappa shape index (κ1) is 44.5. The standard InChI is InChI=1S/C16H24N4O3.C14H21NO.C7H8.C3H8/c1-12(7-14(17)9-18-11-21)16(23)20-10-15(22)19-8-13-5-3-2-4-6-13;1-4-9-15(10-5-2)14(16)13-8-6-7-12(3)11-13;1-7-5-3-2-4-6-7;1-3-2/h2-6,11-12,14H,7-10,17H2,1H3,(H,18,21)(H,19,22)(H,20,23);6-8,11H,4-5,9-10H2,1-3H3;2-6H,1H3;3H2,1-2H3. The van der Waals surface area contributed by atoms with E-state index in [0.717, 1.165) is 42.6 Å². The highest BCUT2D eigenvalue weighted by molar-refractivity contribution is 5.94. The summed E-state index contributed by atoms with van der Waals surface area (Å²) >= 11 is 0. The molecule has 0 aliphatic heterocycles. The van der Waals surface area contributed by atoms with Gasteiger partial charge in [-0.25, -0.2) is 0 Å². The minimum Gasteiger partial charge on any atom is -0.357 e. The highest BCUT2D eigenvalue weighted by Gasteiger charge is 2.17. The number of hydrogen-bond donors (Lipinski definition) is 4. The number of nitrogens with zero attached hydrogens (tertiary/aromatic N) is 1. The van der Waals surface area contributed by atoms with Gasteiger partial charge in [0.2, 0.25) is 18.2 Å². The monoisotopic (exact) mass is 675 g/mol. The maximum Gasteiger partial charge on any atom is 0.253 e. The van der Waals surface area contributed by atoms with E-state index in [-0.39, 0.29) is 36.2 Å². The minimum atomic E-state index is -0.333. The van der Waals surface area contributed by atoms with Gasteiger partial charge in [0.05, 0.1) is 6.54 Å². The van der Waals surface area contributed by atoms with Gasteiger partial charge in [-0.1, -0.05) is 125 Å². The van der Waals surface area contributed by atoms with Gasteiger partial charge in [-0.05, 0) is 50.8 Å². The van der Waals surface area contributed by atoms with E-state index in [1.54, 1.807) is 6.92 Å². The smallest absolute Gasteiger partial charge is 0.253 e. The lowest BCUT2D eigenvalue weighted by Crippen LogP contribution is -2.41. The zero-order chi connectivity index (χ0) is 36.9. The molecule has 49 heavy (non-hydrogen) atoms. The van der Waals surface area contributed by atoms with Crippen molar-refractivity contribution in [1.29, 1.82) is 0 Å². The van der Waals surface area contributed by atoms with E-state index in [0.29, 0.717) is 25.9 Å². The predicted octanol–water partition coefficient (Wildman–Crippen LogP) is 6.19. The van der Waals surface area contributed by atoms with Gasteiger partial charge in [0.1, 0.15) is 0 Å². The van der Waals surface area contributed by atoms with Gasteiger partial charge < -0.3 is 26.6 Å². The van der Waals surface area contributed by atoms with Gasteiger partial charge in [0, 0.05) is 43.7 Å². The Hall–Kier alpha value is -4.50. The number of rotatable bonds is 15. The van der Waals surface area contributed by atoms with E-state index in [1.807, 2.05) is 84.6 Å². The number of hydrogen-bond acceptors (Lipinski definition) is 5. The Labute approximate surface area is 295 Å². The molecule has 0 saturated carbocycles. The molecule has 0 aliphatic carbocycles. The Morgan fingerprint density at radius 2 is 1.35 bits per heavy atom. The summed E-state index contributed by atoms with van der Waals surface area (Å²) in [4.78, 5) is 47.9. The van der Waals surface area contributed by atoms with Crippen molar-refractivity contribution in [1.82, 2.24) is 20.9 Å². The molecule has 5 N–H and O–H groups in total. The summed E-state index contributed by atoms with van der Waals surface area (Å²) in [5, 5.41) is 7.79. The van der Waals surface area contributed by atoms with Gasteiger partial charge >= 0.3 is 0 Å². The van der Waals surface area contributed by atoms with E-state index in [2.05, 4.69) is 62.7 Å². The van der Waals surface area contributed by atoms with Crippen LogP contribution in [-0.4, -0.2) is 61.3 Å². The molecule has 9 heteroatoms. The predicted molar refractivity (Wildman–Crippen MR) is 202 cm³/mol. The van der Waals surface area contributed by atoms with E-state index >= 15 is 0 Å². The van der Waals surface area contributed by atoms with Gasteiger partial charge in [-0.3, -0.25) is 19.2 Å². The molecule has 0 bridgehead atoms. The third kappa shape index (κ3) is 22.7. The first-order valence-electron chi connectivity index (χ1n) is 17.4. The van der Waals surface area contributed by atoms with E-state index in [4.69, 9.17) is 5.73 Å². The van der Waals surface area contributed by atoms with Gasteiger partial charge in [0.15, 0.2) is 0 Å². The van der Waals surface area contributed by atoms with E-state index < -0.39 is 0 Å². The fraction of sp³-hybridized carbons (Fsp3) is 0.450. The lowest BCUT2D eigenvalue weighted by molar-refractivity contribution is -0.128. The number of amides is 4. The second-order valence-corrected chi connectivity index (χ2v) is 11.9. The number of aryl methyl sites for hydroxylation is 2. The number of benzene rings is 3. The van der Waals surface area contributed by atoms with Crippen molar-refractivity contribution < 1.29 is 19.2 Å². The van der Waals surface area contributed by atoms with Crippen molar-refractivity contribution in [2.45, 2.75) is 86.7 Å². The third-order valence-electron chi connectivity index (χ3n) is 6.80. The van der Waals surface area contributed by atoms with Crippen LogP contribution in [0.25, 0.3) is 0 Å². The molecule has 0 spiro atoms. The molecule has 0 saturated heterocycles. The molecule has 4 amide bonds. The Morgan fingerprint density at radius 3 is 1.84 bits per heavy atom. The molecule has 0 fully saturated rings. The molecule has 0 aromatic heterocycles. The molecular formula is C40H61N5O4. The van der Waals surface area contributed by atoms with Crippen LogP contribution in [0.5, 0.6) is 0 Å². The SMILES string of the molecule is CC(CC(N)CNC=O)C(=O)NCC(=O)NCc1ccccc1.CCC.CCCN(CCC)C(=O)c1cccc(C)c1.Cc1ccccc1. The average Bonchev–Trinajstić information content (AvgIpc) is 3.10. The Balaban J connectivity index is 0.000000758. The molecule has 3 aromatic rings. The average molecular weight is 676 g/mol. The summed E-state index contributed by atoms with van der Waals surface area (Å²) in [6.07, 6.45) is 4.27. The van der Waals surface area contributed by atoms with Crippen molar-refractivity contribution >= 4 is 24.1 Å². The molecule has 3 aromatic carbocycles. The lowest BCUT2D eigenvalue weighted by Gasteiger charge is -2.21. The Kier molecular flexibility index (Phi) is 25.9. The van der Waals surface area contributed by atoms with Gasteiger partial charge in [-0.2, -0.15) is 0 Å². The third-order valence-corrected chi connectivity index (χ3v) is 6.80. The van der Waals surface area contributed by atoms with Crippen LogP contribution in [0.4, 0.5) is 0 Å². The topological polar surface area (TPSA) is 134 Å². The molecular weight excluding hydrogens is 614 g/mol. The van der Waals surface area contributed by atoms with Crippen LogP contribution in [-0.2, 0) is 20.9 Å². The van der Waals surface area contributed by atoms with Crippen LogP contribution in [0.2, 0.25) is 0 Å². The van der Waals surface area contributed by atoms with Crippen LogP contribution in [0.1, 0.15) is 87.4 Å². The van der Waals surface area contributed by atoms with Crippen molar-refractivity contribution in [2.24, 2.45) is 11.7 Å². The number of nitrogens with two attached hydrogens (primary N) is 1. The van der Waals surface area contributed by atoms with Crippen LogP contribution in [0.15, 0.2) is 84.9 Å². The lowest BCUT2D eigenvalue weighted by atomic mass is 10.0. The zero-order valence-corrected chi connectivity index (χ0v) is 30.8. The Morgan fingerprint density at radius 1 is 0.796 bits per heavy atom. The highest BCUT2D eigenvalue weighted by atomic mass is 16.2. The largest absolute Gasteiger partial charge is 0.357 e. The van der Waals surface area contributed by atoms with Crippen molar-refractivity contribution in [3.63, 3.8) is 0 Å². The normalized spacial score (nSPS) is 10.9. The van der Waals surface area contributed by atoms with Crippen LogP contribution >= 0.6 is 0 Å². The van der Waals surface area contributed by atoms with E-state index in [9.17, 15) is 19.2 Å². The highest BCUT2D eigenvalue weighted by Crippen LogP contribution is 2.09. The Bertz CT molecular complexity index is 1300. The first-order valence-corrected chi connectivity index (χ1v) is 17.4. The summed E-state index contributed by atoms with van der Waals surface area (Å²) in [5.41, 5.74) is 10.0. The second kappa shape index (κ2) is 28.5. The van der Waals surface area contributed by atoms with Crippen molar-refractivity contribution in [3.05, 3.63) is 107 Å². The molecule has 2 atom stereocenters. The fourth-order valence-corrected chi connectivity index (χ4v) is 4.39. The molecule has 3 rings (SSSR count). The summed E-state index contributed by atoms with van der Waals surface area (Å²) in [6, 6.07) is 27.3. The molecule has 270 valence electrons. The van der Waals surface area contributed by atoms with Crippen LogP contribution < -0.4 is 21.7 Å². The zero-order valence-electron chi connectivity index (χ0n) is 30.8. The van der Waals surface area contributed by atoms with Gasteiger partial charge in [0.25, 0.3) is 5.91 Å². The molecule has 2 unspecified atom stereocenters. The maximum absolute atomic E-state index is 12.2. The van der Waals surface area contributed by atoms with Crippen LogP contribution in [0.3, 0.4) is 0 Å². The first-order chi connectivity index (χ1) is 23.5. The molecule has 0 heterocycles.